The maximum absolute atomic E-state index is 12.4. The number of nitrogens with zero attached hydrogens (tertiary/aromatic N) is 4. The zero-order valence-electron chi connectivity index (χ0n) is 16.1. The van der Waals surface area contributed by atoms with Crippen molar-refractivity contribution in [1.82, 2.24) is 9.88 Å². The van der Waals surface area contributed by atoms with Crippen LogP contribution in [-0.2, 0) is 9.53 Å². The second kappa shape index (κ2) is 7.47. The number of amides is 2. The molecule has 2 aliphatic rings. The maximum atomic E-state index is 12.4. The fourth-order valence-corrected chi connectivity index (χ4v) is 3.32. The molecule has 0 aliphatic carbocycles. The molecule has 2 aliphatic heterocycles. The van der Waals surface area contributed by atoms with Gasteiger partial charge in [-0.3, -0.25) is 4.79 Å². The van der Waals surface area contributed by atoms with E-state index in [4.69, 9.17) is 11.2 Å². The van der Waals surface area contributed by atoms with Crippen LogP contribution in [0.25, 0.3) is 0 Å². The minimum Gasteiger partial charge on any atom is -0.444 e. The Labute approximate surface area is 160 Å². The highest BCUT2D eigenvalue weighted by Gasteiger charge is 2.33. The molecular formula is C20H26N4O3. The number of anilines is 2. The Morgan fingerprint density at radius 3 is 2.59 bits per heavy atom. The Bertz CT molecular complexity index is 757. The van der Waals surface area contributed by atoms with E-state index in [-0.39, 0.29) is 17.9 Å². The highest BCUT2D eigenvalue weighted by Crippen LogP contribution is 2.32. The number of hydrogen-bond acceptors (Lipinski definition) is 5. The Morgan fingerprint density at radius 2 is 2.00 bits per heavy atom. The van der Waals surface area contributed by atoms with Crippen molar-refractivity contribution in [3.05, 3.63) is 18.3 Å². The first-order valence-corrected chi connectivity index (χ1v) is 9.23. The van der Waals surface area contributed by atoms with Crippen molar-refractivity contribution in [2.24, 2.45) is 5.92 Å². The van der Waals surface area contributed by atoms with Crippen molar-refractivity contribution in [1.29, 1.82) is 0 Å². The third-order valence-corrected chi connectivity index (χ3v) is 4.65. The molecule has 144 valence electrons. The fourth-order valence-electron chi connectivity index (χ4n) is 3.32. The number of pyridine rings is 1. The van der Waals surface area contributed by atoms with Gasteiger partial charge in [0.2, 0.25) is 5.91 Å². The largest absolute Gasteiger partial charge is 0.444 e. The normalized spacial score (nSPS) is 20.6. The summed E-state index contributed by atoms with van der Waals surface area (Å²) in [7, 11) is 0. The predicted octanol–water partition coefficient (Wildman–Crippen LogP) is 2.12. The van der Waals surface area contributed by atoms with E-state index >= 15 is 0 Å². The van der Waals surface area contributed by atoms with Crippen molar-refractivity contribution >= 4 is 23.5 Å². The van der Waals surface area contributed by atoms with E-state index in [0.717, 1.165) is 11.5 Å². The molecule has 0 saturated carbocycles. The van der Waals surface area contributed by atoms with Gasteiger partial charge in [-0.2, -0.15) is 0 Å². The second-order valence-electron chi connectivity index (χ2n) is 7.87. The van der Waals surface area contributed by atoms with E-state index in [2.05, 4.69) is 15.8 Å². The number of carbonyl (C=O) groups excluding carboxylic acids is 2. The first kappa shape index (κ1) is 19.0. The number of terminal acetylenes is 1. The summed E-state index contributed by atoms with van der Waals surface area (Å²) in [5.74, 6) is 3.40. The number of carbonyl (C=O) groups is 2. The van der Waals surface area contributed by atoms with E-state index in [1.807, 2.05) is 32.9 Å². The second-order valence-corrected chi connectivity index (χ2v) is 7.87. The summed E-state index contributed by atoms with van der Waals surface area (Å²) in [6, 6.07) is 3.73. The number of piperazine rings is 1. The van der Waals surface area contributed by atoms with Crippen molar-refractivity contribution in [3.63, 3.8) is 0 Å². The van der Waals surface area contributed by atoms with Gasteiger partial charge in [0.05, 0.1) is 5.69 Å². The van der Waals surface area contributed by atoms with Crippen LogP contribution in [-0.4, -0.2) is 60.2 Å². The zero-order valence-corrected chi connectivity index (χ0v) is 16.1. The summed E-state index contributed by atoms with van der Waals surface area (Å²) >= 11 is 0. The molecular weight excluding hydrogens is 344 g/mol. The lowest BCUT2D eigenvalue weighted by atomic mass is 10.1. The molecule has 0 N–H and O–H groups in total. The zero-order chi connectivity index (χ0) is 19.6. The molecule has 3 heterocycles. The Balaban J connectivity index is 1.70. The van der Waals surface area contributed by atoms with Crippen LogP contribution in [0.1, 0.15) is 27.2 Å². The predicted molar refractivity (Wildman–Crippen MR) is 104 cm³/mol. The van der Waals surface area contributed by atoms with E-state index in [1.54, 1.807) is 16.0 Å². The number of ether oxygens (including phenoxy) is 1. The molecule has 2 amide bonds. The standard InChI is InChI=1S/C20H26N4O3/c1-5-15-13-17(25)24(14-15)16-7-6-8-21-18(16)22-9-11-23(12-10-22)19(26)27-20(2,3)4/h1,6-8,15H,9-14H2,2-4H3. The molecule has 0 spiro atoms. The minimum atomic E-state index is -0.508. The van der Waals surface area contributed by atoms with Crippen LogP contribution in [0.5, 0.6) is 0 Å². The van der Waals surface area contributed by atoms with Gasteiger partial charge in [-0.15, -0.1) is 12.3 Å². The molecule has 7 nitrogen and oxygen atoms in total. The van der Waals surface area contributed by atoms with Gasteiger partial charge in [-0.05, 0) is 32.9 Å². The van der Waals surface area contributed by atoms with Gasteiger partial charge < -0.3 is 19.4 Å². The Morgan fingerprint density at radius 1 is 1.30 bits per heavy atom. The molecule has 0 radical (unpaired) electrons. The summed E-state index contributed by atoms with van der Waals surface area (Å²) < 4.78 is 5.44. The molecule has 0 aromatic carbocycles. The molecule has 1 atom stereocenters. The lowest BCUT2D eigenvalue weighted by Gasteiger charge is -2.37. The lowest BCUT2D eigenvalue weighted by Crippen LogP contribution is -2.50. The third kappa shape index (κ3) is 4.33. The van der Waals surface area contributed by atoms with Crippen LogP contribution in [0.4, 0.5) is 16.3 Å². The van der Waals surface area contributed by atoms with Crippen molar-refractivity contribution < 1.29 is 14.3 Å². The van der Waals surface area contributed by atoms with Gasteiger partial charge in [0, 0.05) is 51.3 Å². The molecule has 3 rings (SSSR count). The van der Waals surface area contributed by atoms with Gasteiger partial charge in [0.15, 0.2) is 5.82 Å². The van der Waals surface area contributed by atoms with Crippen LogP contribution in [0.2, 0.25) is 0 Å². The maximum Gasteiger partial charge on any atom is 0.410 e. The van der Waals surface area contributed by atoms with Gasteiger partial charge >= 0.3 is 6.09 Å². The number of hydrogen-bond donors (Lipinski definition) is 0. The lowest BCUT2D eigenvalue weighted by molar-refractivity contribution is -0.117. The van der Waals surface area contributed by atoms with E-state index in [0.29, 0.717) is 39.1 Å². The highest BCUT2D eigenvalue weighted by molar-refractivity contribution is 5.98. The van der Waals surface area contributed by atoms with E-state index in [9.17, 15) is 9.59 Å². The first-order valence-electron chi connectivity index (χ1n) is 9.23. The van der Waals surface area contributed by atoms with Gasteiger partial charge in [-0.25, -0.2) is 9.78 Å². The highest BCUT2D eigenvalue weighted by atomic mass is 16.6. The van der Waals surface area contributed by atoms with Crippen LogP contribution in [0.3, 0.4) is 0 Å². The number of rotatable bonds is 2. The third-order valence-electron chi connectivity index (χ3n) is 4.65. The van der Waals surface area contributed by atoms with E-state index in [1.165, 1.54) is 0 Å². The van der Waals surface area contributed by atoms with Crippen LogP contribution >= 0.6 is 0 Å². The fraction of sp³-hybridized carbons (Fsp3) is 0.550. The molecule has 0 bridgehead atoms. The summed E-state index contributed by atoms with van der Waals surface area (Å²) in [4.78, 5) is 34.7. The monoisotopic (exact) mass is 370 g/mol. The minimum absolute atomic E-state index is 0.0274. The molecule has 2 fully saturated rings. The van der Waals surface area contributed by atoms with Crippen molar-refractivity contribution in [2.75, 3.05) is 42.5 Å². The smallest absolute Gasteiger partial charge is 0.410 e. The Kier molecular flexibility index (Phi) is 5.26. The van der Waals surface area contributed by atoms with Crippen molar-refractivity contribution in [3.8, 4) is 12.3 Å². The summed E-state index contributed by atoms with van der Waals surface area (Å²) in [6.07, 6.45) is 7.30. The molecule has 2 saturated heterocycles. The molecule has 1 aromatic rings. The number of aromatic nitrogens is 1. The van der Waals surface area contributed by atoms with E-state index < -0.39 is 5.60 Å². The quantitative estimate of drug-likeness (QED) is 0.746. The van der Waals surface area contributed by atoms with Crippen molar-refractivity contribution in [2.45, 2.75) is 32.8 Å². The topological polar surface area (TPSA) is 66.0 Å². The SMILES string of the molecule is C#CC1CC(=O)N(c2cccnc2N2CCN(C(=O)OC(C)(C)C)CC2)C1. The van der Waals surface area contributed by atoms with Gasteiger partial charge in [0.25, 0.3) is 0 Å². The van der Waals surface area contributed by atoms with Crippen LogP contribution in [0, 0.1) is 18.3 Å². The summed E-state index contributed by atoms with van der Waals surface area (Å²) in [5, 5.41) is 0. The molecule has 27 heavy (non-hydrogen) atoms. The molecule has 1 aromatic heterocycles. The molecule has 7 heteroatoms. The Hall–Kier alpha value is -2.75. The van der Waals surface area contributed by atoms with Crippen LogP contribution < -0.4 is 9.80 Å². The van der Waals surface area contributed by atoms with Crippen LogP contribution in [0.15, 0.2) is 18.3 Å². The molecule has 1 unspecified atom stereocenters. The summed E-state index contributed by atoms with van der Waals surface area (Å²) in [6.45, 7) is 8.45. The first-order chi connectivity index (χ1) is 12.8. The average molecular weight is 370 g/mol. The summed E-state index contributed by atoms with van der Waals surface area (Å²) in [5.41, 5.74) is 0.275. The van der Waals surface area contributed by atoms with Gasteiger partial charge in [0.1, 0.15) is 5.60 Å². The van der Waals surface area contributed by atoms with Gasteiger partial charge in [-0.1, -0.05) is 0 Å². The average Bonchev–Trinajstić information content (AvgIpc) is 3.01.